The minimum atomic E-state index is -0.143. The number of halogens is 1. The third kappa shape index (κ3) is 4.29. The molecule has 1 atom stereocenters. The minimum Gasteiger partial charge on any atom is -0.311 e. The van der Waals surface area contributed by atoms with Crippen LogP contribution in [0.3, 0.4) is 0 Å². The summed E-state index contributed by atoms with van der Waals surface area (Å²) in [6.07, 6.45) is 3.54. The van der Waals surface area contributed by atoms with E-state index in [1.807, 2.05) is 12.1 Å². The van der Waals surface area contributed by atoms with Gasteiger partial charge in [-0.1, -0.05) is 12.1 Å². The Morgan fingerprint density at radius 3 is 2.47 bits per heavy atom. The van der Waals surface area contributed by atoms with E-state index in [2.05, 4.69) is 31.2 Å². The minimum absolute atomic E-state index is 0.143. The molecule has 1 aromatic carbocycles. The molecule has 3 heteroatoms. The molecule has 0 bridgehead atoms. The smallest absolute Gasteiger partial charge is 0.123 e. The van der Waals surface area contributed by atoms with Crippen LogP contribution in [-0.4, -0.2) is 37.6 Å². The molecule has 0 aliphatic heterocycles. The van der Waals surface area contributed by atoms with Crippen molar-refractivity contribution in [2.45, 2.75) is 44.2 Å². The quantitative estimate of drug-likeness (QED) is 0.849. The molecule has 1 aromatic rings. The van der Waals surface area contributed by atoms with Crippen LogP contribution in [-0.2, 0) is 0 Å². The first kappa shape index (κ1) is 14.5. The van der Waals surface area contributed by atoms with Crippen molar-refractivity contribution in [3.63, 3.8) is 0 Å². The SMILES string of the molecule is CC(CCN(C)C)NC1CC(c2ccc(F)cc2)C1. The van der Waals surface area contributed by atoms with Gasteiger partial charge in [0.2, 0.25) is 0 Å². The highest BCUT2D eigenvalue weighted by atomic mass is 19.1. The number of hydrogen-bond donors (Lipinski definition) is 1. The van der Waals surface area contributed by atoms with Crippen molar-refractivity contribution in [2.75, 3.05) is 20.6 Å². The van der Waals surface area contributed by atoms with Crippen LogP contribution in [0.4, 0.5) is 4.39 Å². The number of hydrogen-bond acceptors (Lipinski definition) is 2. The van der Waals surface area contributed by atoms with Crippen molar-refractivity contribution in [3.8, 4) is 0 Å². The maximum atomic E-state index is 12.9. The van der Waals surface area contributed by atoms with Crippen LogP contribution in [0.2, 0.25) is 0 Å². The first-order chi connectivity index (χ1) is 9.04. The third-order valence-corrected chi connectivity index (χ3v) is 4.01. The number of nitrogens with one attached hydrogen (secondary N) is 1. The summed E-state index contributed by atoms with van der Waals surface area (Å²) in [5, 5.41) is 3.68. The normalized spacial score (nSPS) is 24.3. The van der Waals surface area contributed by atoms with Gasteiger partial charge in [0.05, 0.1) is 0 Å². The van der Waals surface area contributed by atoms with E-state index in [1.54, 1.807) is 12.1 Å². The maximum absolute atomic E-state index is 12.9. The van der Waals surface area contributed by atoms with E-state index in [-0.39, 0.29) is 5.82 Å². The molecule has 2 rings (SSSR count). The van der Waals surface area contributed by atoms with Gasteiger partial charge in [-0.15, -0.1) is 0 Å². The molecule has 0 saturated heterocycles. The third-order valence-electron chi connectivity index (χ3n) is 4.01. The van der Waals surface area contributed by atoms with Gasteiger partial charge in [-0.3, -0.25) is 0 Å². The fraction of sp³-hybridized carbons (Fsp3) is 0.625. The van der Waals surface area contributed by atoms with Gasteiger partial charge in [0.25, 0.3) is 0 Å². The summed E-state index contributed by atoms with van der Waals surface area (Å²) in [6, 6.07) is 8.18. The fourth-order valence-corrected chi connectivity index (χ4v) is 2.70. The zero-order chi connectivity index (χ0) is 13.8. The van der Waals surface area contributed by atoms with Gasteiger partial charge in [-0.05, 0) is 70.4 Å². The van der Waals surface area contributed by atoms with Crippen LogP contribution in [0.25, 0.3) is 0 Å². The molecule has 1 N–H and O–H groups in total. The lowest BCUT2D eigenvalue weighted by atomic mass is 9.75. The molecule has 1 fully saturated rings. The summed E-state index contributed by atoms with van der Waals surface area (Å²) in [5.74, 6) is 0.467. The van der Waals surface area contributed by atoms with E-state index < -0.39 is 0 Å². The van der Waals surface area contributed by atoms with E-state index in [4.69, 9.17) is 0 Å². The standard InChI is InChI=1S/C16H25FN2/c1-12(8-9-19(2)3)18-16-10-14(11-16)13-4-6-15(17)7-5-13/h4-7,12,14,16,18H,8-11H2,1-3H3. The zero-order valence-electron chi connectivity index (χ0n) is 12.2. The Labute approximate surface area is 116 Å². The summed E-state index contributed by atoms with van der Waals surface area (Å²) in [5.41, 5.74) is 1.28. The molecule has 106 valence electrons. The predicted molar refractivity (Wildman–Crippen MR) is 77.9 cm³/mol. The maximum Gasteiger partial charge on any atom is 0.123 e. The highest BCUT2D eigenvalue weighted by molar-refractivity contribution is 5.23. The second-order valence-corrected chi connectivity index (χ2v) is 6.08. The Kier molecular flexibility index (Phi) is 4.94. The van der Waals surface area contributed by atoms with E-state index >= 15 is 0 Å². The van der Waals surface area contributed by atoms with Crippen molar-refractivity contribution < 1.29 is 4.39 Å². The van der Waals surface area contributed by atoms with Crippen molar-refractivity contribution in [1.82, 2.24) is 10.2 Å². The Bertz CT molecular complexity index is 382. The van der Waals surface area contributed by atoms with Crippen LogP contribution in [0, 0.1) is 5.82 Å². The van der Waals surface area contributed by atoms with Crippen molar-refractivity contribution in [1.29, 1.82) is 0 Å². The lowest BCUT2D eigenvalue weighted by Gasteiger charge is -2.38. The van der Waals surface area contributed by atoms with Crippen LogP contribution in [0.15, 0.2) is 24.3 Å². The van der Waals surface area contributed by atoms with Crippen molar-refractivity contribution in [3.05, 3.63) is 35.6 Å². The van der Waals surface area contributed by atoms with E-state index in [0.29, 0.717) is 18.0 Å². The lowest BCUT2D eigenvalue weighted by molar-refractivity contribution is 0.255. The molecule has 1 aliphatic rings. The highest BCUT2D eigenvalue weighted by Gasteiger charge is 2.30. The topological polar surface area (TPSA) is 15.3 Å². The van der Waals surface area contributed by atoms with Gasteiger partial charge >= 0.3 is 0 Å². The Morgan fingerprint density at radius 2 is 1.89 bits per heavy atom. The molecular formula is C16H25FN2. The largest absolute Gasteiger partial charge is 0.311 e. The second-order valence-electron chi connectivity index (χ2n) is 6.08. The summed E-state index contributed by atoms with van der Waals surface area (Å²) < 4.78 is 12.9. The Hall–Kier alpha value is -0.930. The first-order valence-corrected chi connectivity index (χ1v) is 7.21. The molecule has 1 saturated carbocycles. The summed E-state index contributed by atoms with van der Waals surface area (Å²) >= 11 is 0. The number of rotatable bonds is 6. The molecule has 2 nitrogen and oxygen atoms in total. The monoisotopic (exact) mass is 264 g/mol. The van der Waals surface area contributed by atoms with Crippen LogP contribution >= 0.6 is 0 Å². The molecule has 0 radical (unpaired) electrons. The zero-order valence-corrected chi connectivity index (χ0v) is 12.2. The molecule has 19 heavy (non-hydrogen) atoms. The van der Waals surface area contributed by atoms with Crippen LogP contribution in [0.5, 0.6) is 0 Å². The van der Waals surface area contributed by atoms with Crippen molar-refractivity contribution in [2.24, 2.45) is 0 Å². The van der Waals surface area contributed by atoms with Crippen LogP contribution < -0.4 is 5.32 Å². The van der Waals surface area contributed by atoms with Gasteiger partial charge in [0, 0.05) is 12.1 Å². The second kappa shape index (κ2) is 6.49. The average Bonchev–Trinajstić information content (AvgIpc) is 2.32. The van der Waals surface area contributed by atoms with Gasteiger partial charge in [-0.2, -0.15) is 0 Å². The predicted octanol–water partition coefficient (Wildman–Crippen LogP) is 3.00. The molecule has 1 unspecified atom stereocenters. The molecule has 1 aliphatic carbocycles. The van der Waals surface area contributed by atoms with Crippen LogP contribution in [0.1, 0.15) is 37.7 Å². The van der Waals surface area contributed by atoms with Gasteiger partial charge < -0.3 is 10.2 Å². The van der Waals surface area contributed by atoms with Crippen molar-refractivity contribution >= 4 is 0 Å². The first-order valence-electron chi connectivity index (χ1n) is 7.21. The van der Waals surface area contributed by atoms with E-state index in [1.165, 1.54) is 24.8 Å². The van der Waals surface area contributed by atoms with Gasteiger partial charge in [-0.25, -0.2) is 4.39 Å². The lowest BCUT2D eigenvalue weighted by Crippen LogP contribution is -2.45. The number of benzene rings is 1. The Balaban J connectivity index is 1.70. The summed E-state index contributed by atoms with van der Waals surface area (Å²) in [7, 11) is 4.22. The molecule has 0 aromatic heterocycles. The Morgan fingerprint density at radius 1 is 1.26 bits per heavy atom. The summed E-state index contributed by atoms with van der Waals surface area (Å²) in [6.45, 7) is 3.39. The molecular weight excluding hydrogens is 239 g/mol. The van der Waals surface area contributed by atoms with Gasteiger partial charge in [0.15, 0.2) is 0 Å². The summed E-state index contributed by atoms with van der Waals surface area (Å²) in [4.78, 5) is 2.22. The number of nitrogens with zero attached hydrogens (tertiary/aromatic N) is 1. The van der Waals surface area contributed by atoms with Gasteiger partial charge in [0.1, 0.15) is 5.82 Å². The van der Waals surface area contributed by atoms with E-state index in [0.717, 1.165) is 6.54 Å². The van der Waals surface area contributed by atoms with E-state index in [9.17, 15) is 4.39 Å². The molecule has 0 heterocycles. The molecule has 0 spiro atoms. The highest BCUT2D eigenvalue weighted by Crippen LogP contribution is 2.37. The molecule has 0 amide bonds. The fourth-order valence-electron chi connectivity index (χ4n) is 2.70. The average molecular weight is 264 g/mol.